The molecule has 19 heavy (non-hydrogen) atoms. The SMILES string of the molecule is CC(C)(C)OC(=O)NC1=CC=CC=C2NC=CC=C21. The average molecular weight is 258 g/mol. The van der Waals surface area contributed by atoms with Crippen LogP contribution >= 0.6 is 0 Å². The van der Waals surface area contributed by atoms with E-state index in [2.05, 4.69) is 10.6 Å². The lowest BCUT2D eigenvalue weighted by Crippen LogP contribution is -2.33. The molecule has 1 aliphatic heterocycles. The Hall–Kier alpha value is -2.23. The van der Waals surface area contributed by atoms with Crippen LogP contribution in [-0.2, 0) is 4.74 Å². The average Bonchev–Trinajstić information content (AvgIpc) is 2.50. The van der Waals surface area contributed by atoms with E-state index in [1.807, 2.05) is 63.4 Å². The maximum absolute atomic E-state index is 11.8. The van der Waals surface area contributed by atoms with Gasteiger partial charge in [-0.05, 0) is 45.1 Å². The van der Waals surface area contributed by atoms with Crippen molar-refractivity contribution in [2.24, 2.45) is 0 Å². The molecule has 2 rings (SSSR count). The van der Waals surface area contributed by atoms with Crippen LogP contribution in [0, 0.1) is 0 Å². The summed E-state index contributed by atoms with van der Waals surface area (Å²) in [6, 6.07) is 0. The molecule has 2 aliphatic rings. The highest BCUT2D eigenvalue weighted by Gasteiger charge is 2.19. The van der Waals surface area contributed by atoms with Gasteiger partial charge in [-0.3, -0.25) is 5.32 Å². The lowest BCUT2D eigenvalue weighted by atomic mass is 10.1. The summed E-state index contributed by atoms with van der Waals surface area (Å²) in [5.41, 5.74) is 2.08. The molecule has 1 heterocycles. The van der Waals surface area contributed by atoms with Crippen LogP contribution in [0.1, 0.15) is 20.8 Å². The van der Waals surface area contributed by atoms with Crippen molar-refractivity contribution in [2.75, 3.05) is 0 Å². The fourth-order valence-electron chi connectivity index (χ4n) is 1.74. The molecule has 0 unspecified atom stereocenters. The summed E-state index contributed by atoms with van der Waals surface area (Å²) in [5.74, 6) is 0. The summed E-state index contributed by atoms with van der Waals surface area (Å²) >= 11 is 0. The van der Waals surface area contributed by atoms with Crippen molar-refractivity contribution >= 4 is 6.09 Å². The van der Waals surface area contributed by atoms with Gasteiger partial charge in [-0.25, -0.2) is 4.79 Å². The van der Waals surface area contributed by atoms with Gasteiger partial charge in [-0.15, -0.1) is 0 Å². The number of fused-ring (bicyclic) bond motifs is 1. The predicted octanol–water partition coefficient (Wildman–Crippen LogP) is 2.89. The maximum Gasteiger partial charge on any atom is 0.412 e. The van der Waals surface area contributed by atoms with Gasteiger partial charge in [0.15, 0.2) is 0 Å². The molecule has 1 aliphatic carbocycles. The van der Waals surface area contributed by atoms with Crippen molar-refractivity contribution in [1.82, 2.24) is 10.6 Å². The summed E-state index contributed by atoms with van der Waals surface area (Å²) in [6.45, 7) is 5.51. The standard InChI is InChI=1S/C15H18N2O2/c1-15(2,3)19-14(18)17-13-9-5-4-8-12-11(13)7-6-10-16-12/h4-10,16H,1-3H3,(H,17,18). The second kappa shape index (κ2) is 5.18. The van der Waals surface area contributed by atoms with Crippen molar-refractivity contribution < 1.29 is 9.53 Å². The molecule has 0 aromatic carbocycles. The van der Waals surface area contributed by atoms with Crippen LogP contribution in [0.3, 0.4) is 0 Å². The number of ether oxygens (including phenoxy) is 1. The first kappa shape index (κ1) is 13.2. The number of alkyl carbamates (subject to hydrolysis) is 1. The van der Waals surface area contributed by atoms with Gasteiger partial charge in [0.1, 0.15) is 5.60 Å². The highest BCUT2D eigenvalue weighted by molar-refractivity contribution is 5.73. The third-order valence-electron chi connectivity index (χ3n) is 2.45. The van der Waals surface area contributed by atoms with Gasteiger partial charge >= 0.3 is 6.09 Å². The Labute approximate surface area is 113 Å². The third kappa shape index (κ3) is 3.61. The van der Waals surface area contributed by atoms with Crippen molar-refractivity contribution in [1.29, 1.82) is 0 Å². The quantitative estimate of drug-likeness (QED) is 0.760. The van der Waals surface area contributed by atoms with Crippen LogP contribution in [-0.4, -0.2) is 11.7 Å². The minimum absolute atomic E-state index is 0.455. The minimum Gasteiger partial charge on any atom is -0.444 e. The molecular formula is C15H18N2O2. The molecule has 0 aromatic rings. The van der Waals surface area contributed by atoms with Crippen molar-refractivity contribution in [3.8, 4) is 0 Å². The third-order valence-corrected chi connectivity index (χ3v) is 2.45. The van der Waals surface area contributed by atoms with E-state index in [0.717, 1.165) is 11.3 Å². The Kier molecular flexibility index (Phi) is 3.60. The summed E-state index contributed by atoms with van der Waals surface area (Å²) in [4.78, 5) is 11.8. The van der Waals surface area contributed by atoms with Crippen LogP contribution < -0.4 is 10.6 Å². The van der Waals surface area contributed by atoms with E-state index in [1.54, 1.807) is 0 Å². The van der Waals surface area contributed by atoms with E-state index in [9.17, 15) is 4.79 Å². The van der Waals surface area contributed by atoms with E-state index in [4.69, 9.17) is 4.74 Å². The number of carbonyl (C=O) groups excluding carboxylic acids is 1. The number of carbonyl (C=O) groups is 1. The lowest BCUT2D eigenvalue weighted by molar-refractivity contribution is 0.0547. The molecule has 0 saturated carbocycles. The molecule has 0 atom stereocenters. The van der Waals surface area contributed by atoms with Crippen LogP contribution in [0.5, 0.6) is 0 Å². The molecule has 4 nitrogen and oxygen atoms in total. The number of hydrogen-bond donors (Lipinski definition) is 2. The molecule has 2 N–H and O–H groups in total. The highest BCUT2D eigenvalue weighted by Crippen LogP contribution is 2.21. The Bertz CT molecular complexity index is 529. The van der Waals surface area contributed by atoms with E-state index >= 15 is 0 Å². The highest BCUT2D eigenvalue weighted by atomic mass is 16.6. The minimum atomic E-state index is -0.511. The van der Waals surface area contributed by atoms with Crippen molar-refractivity contribution in [3.63, 3.8) is 0 Å². The van der Waals surface area contributed by atoms with Gasteiger partial charge in [0, 0.05) is 17.5 Å². The first-order valence-electron chi connectivity index (χ1n) is 6.18. The van der Waals surface area contributed by atoms with Crippen molar-refractivity contribution in [3.05, 3.63) is 59.6 Å². The van der Waals surface area contributed by atoms with Crippen LogP contribution in [0.2, 0.25) is 0 Å². The molecule has 0 radical (unpaired) electrons. The van der Waals surface area contributed by atoms with Gasteiger partial charge in [-0.1, -0.05) is 12.2 Å². The molecule has 0 bridgehead atoms. The summed E-state index contributed by atoms with van der Waals surface area (Å²) in [5, 5.41) is 5.92. The number of rotatable bonds is 1. The van der Waals surface area contributed by atoms with Crippen molar-refractivity contribution in [2.45, 2.75) is 26.4 Å². The summed E-state index contributed by atoms with van der Waals surface area (Å²) < 4.78 is 5.26. The molecular weight excluding hydrogens is 240 g/mol. The fourth-order valence-corrected chi connectivity index (χ4v) is 1.74. The number of nitrogens with one attached hydrogen (secondary N) is 2. The lowest BCUT2D eigenvalue weighted by Gasteiger charge is -2.22. The summed E-state index contributed by atoms with van der Waals surface area (Å²) in [6.07, 6.45) is 12.8. The van der Waals surface area contributed by atoms with Gasteiger partial charge < -0.3 is 10.1 Å². The van der Waals surface area contributed by atoms with Crippen LogP contribution in [0.4, 0.5) is 4.79 Å². The maximum atomic E-state index is 11.8. The van der Waals surface area contributed by atoms with Gasteiger partial charge in [0.25, 0.3) is 0 Å². The number of amides is 1. The zero-order chi connectivity index (χ0) is 13.9. The Morgan fingerprint density at radius 1 is 1.16 bits per heavy atom. The molecule has 0 spiro atoms. The number of hydrogen-bond acceptors (Lipinski definition) is 3. The monoisotopic (exact) mass is 258 g/mol. The predicted molar refractivity (Wildman–Crippen MR) is 75.0 cm³/mol. The van der Waals surface area contributed by atoms with Gasteiger partial charge in [0.05, 0.1) is 5.70 Å². The Balaban J connectivity index is 2.15. The fraction of sp³-hybridized carbons (Fsp3) is 0.267. The molecule has 1 amide bonds. The number of dihydropyridines is 1. The molecule has 100 valence electrons. The Morgan fingerprint density at radius 2 is 1.89 bits per heavy atom. The van der Waals surface area contributed by atoms with E-state index in [0.29, 0.717) is 5.70 Å². The molecule has 4 heteroatoms. The zero-order valence-electron chi connectivity index (χ0n) is 11.4. The second-order valence-electron chi connectivity index (χ2n) is 5.26. The summed E-state index contributed by atoms with van der Waals surface area (Å²) in [7, 11) is 0. The van der Waals surface area contributed by atoms with Crippen LogP contribution in [0.15, 0.2) is 59.6 Å². The first-order chi connectivity index (χ1) is 8.96. The topological polar surface area (TPSA) is 50.4 Å². The van der Waals surface area contributed by atoms with E-state index in [1.165, 1.54) is 0 Å². The molecule has 0 aromatic heterocycles. The normalized spacial score (nSPS) is 17.3. The second-order valence-corrected chi connectivity index (χ2v) is 5.26. The first-order valence-corrected chi connectivity index (χ1v) is 6.18. The molecule has 0 fully saturated rings. The van der Waals surface area contributed by atoms with Gasteiger partial charge in [0.2, 0.25) is 0 Å². The zero-order valence-corrected chi connectivity index (χ0v) is 11.4. The molecule has 0 saturated heterocycles. The number of allylic oxidation sites excluding steroid dienone is 6. The largest absolute Gasteiger partial charge is 0.444 e. The smallest absolute Gasteiger partial charge is 0.412 e. The van der Waals surface area contributed by atoms with Crippen LogP contribution in [0.25, 0.3) is 0 Å². The van der Waals surface area contributed by atoms with Gasteiger partial charge in [-0.2, -0.15) is 0 Å². The Morgan fingerprint density at radius 3 is 2.63 bits per heavy atom. The van der Waals surface area contributed by atoms with E-state index in [-0.39, 0.29) is 0 Å². The van der Waals surface area contributed by atoms with E-state index < -0.39 is 11.7 Å².